The van der Waals surface area contributed by atoms with Crippen molar-refractivity contribution in [3.05, 3.63) is 59.7 Å². The SMILES string of the molecule is CC[C@H](Oc1ccc(C)cc1)C(=O)N[C@@H](C)COc1ccccc1C. The first-order valence-corrected chi connectivity index (χ1v) is 8.71. The molecule has 2 aromatic rings. The topological polar surface area (TPSA) is 47.6 Å². The number of para-hydroxylation sites is 1. The summed E-state index contributed by atoms with van der Waals surface area (Å²) in [6, 6.07) is 15.4. The van der Waals surface area contributed by atoms with Gasteiger partial charge in [-0.15, -0.1) is 0 Å². The molecule has 0 radical (unpaired) electrons. The van der Waals surface area contributed by atoms with Crippen molar-refractivity contribution in [2.45, 2.75) is 46.3 Å². The third-order valence-corrected chi connectivity index (χ3v) is 3.93. The van der Waals surface area contributed by atoms with E-state index < -0.39 is 6.10 Å². The summed E-state index contributed by atoms with van der Waals surface area (Å²) in [5.41, 5.74) is 2.24. The molecular weight excluding hydrogens is 314 g/mol. The molecule has 0 aromatic heterocycles. The fourth-order valence-corrected chi connectivity index (χ4v) is 2.41. The zero-order valence-electron chi connectivity index (χ0n) is 15.4. The van der Waals surface area contributed by atoms with E-state index in [1.807, 2.05) is 76.2 Å². The van der Waals surface area contributed by atoms with Gasteiger partial charge in [-0.05, 0) is 51.0 Å². The molecule has 2 atom stereocenters. The molecule has 0 saturated heterocycles. The summed E-state index contributed by atoms with van der Waals surface area (Å²) in [4.78, 5) is 12.4. The minimum atomic E-state index is -0.511. The Morgan fingerprint density at radius 2 is 1.76 bits per heavy atom. The van der Waals surface area contributed by atoms with E-state index in [1.54, 1.807) is 0 Å². The lowest BCUT2D eigenvalue weighted by atomic mass is 10.2. The second kappa shape index (κ2) is 9.11. The number of amides is 1. The highest BCUT2D eigenvalue weighted by Gasteiger charge is 2.20. The van der Waals surface area contributed by atoms with Crippen molar-refractivity contribution in [3.63, 3.8) is 0 Å². The number of nitrogens with one attached hydrogen (secondary N) is 1. The summed E-state index contributed by atoms with van der Waals surface area (Å²) in [6.07, 6.45) is 0.0917. The lowest BCUT2D eigenvalue weighted by Gasteiger charge is -2.21. The lowest BCUT2D eigenvalue weighted by Crippen LogP contribution is -2.44. The maximum Gasteiger partial charge on any atom is 0.261 e. The van der Waals surface area contributed by atoms with E-state index in [4.69, 9.17) is 9.47 Å². The summed E-state index contributed by atoms with van der Waals surface area (Å²) in [6.45, 7) is 8.30. The zero-order valence-corrected chi connectivity index (χ0v) is 15.4. The number of carbonyl (C=O) groups excluding carboxylic acids is 1. The molecule has 2 aromatic carbocycles. The minimum absolute atomic E-state index is 0.109. The highest BCUT2D eigenvalue weighted by molar-refractivity contribution is 5.81. The second-order valence-corrected chi connectivity index (χ2v) is 6.31. The first-order chi connectivity index (χ1) is 12.0. The Bertz CT molecular complexity index is 682. The van der Waals surface area contributed by atoms with Gasteiger partial charge in [0.25, 0.3) is 5.91 Å². The first kappa shape index (κ1) is 18.8. The molecule has 0 heterocycles. The molecule has 0 aliphatic rings. The Morgan fingerprint density at radius 3 is 2.40 bits per heavy atom. The number of aryl methyl sites for hydroxylation is 2. The lowest BCUT2D eigenvalue weighted by molar-refractivity contribution is -0.128. The predicted octanol–water partition coefficient (Wildman–Crippen LogP) is 4.04. The number of ether oxygens (including phenoxy) is 2. The van der Waals surface area contributed by atoms with Gasteiger partial charge in [-0.3, -0.25) is 4.79 Å². The summed E-state index contributed by atoms with van der Waals surface area (Å²) in [5, 5.41) is 2.96. The molecule has 134 valence electrons. The van der Waals surface area contributed by atoms with Gasteiger partial charge in [0, 0.05) is 0 Å². The maximum absolute atomic E-state index is 12.4. The van der Waals surface area contributed by atoms with E-state index >= 15 is 0 Å². The summed E-state index contributed by atoms with van der Waals surface area (Å²) < 4.78 is 11.6. The number of carbonyl (C=O) groups is 1. The molecule has 0 aliphatic carbocycles. The average molecular weight is 341 g/mol. The molecule has 0 aliphatic heterocycles. The standard InChI is InChI=1S/C21H27NO3/c1-5-19(25-18-12-10-15(2)11-13-18)21(23)22-17(4)14-24-20-9-7-6-8-16(20)3/h6-13,17,19H,5,14H2,1-4H3,(H,22,23)/t17-,19-/m0/s1. The van der Waals surface area contributed by atoms with Crippen molar-refractivity contribution < 1.29 is 14.3 Å². The van der Waals surface area contributed by atoms with Crippen molar-refractivity contribution >= 4 is 5.91 Å². The normalized spacial score (nSPS) is 13.0. The van der Waals surface area contributed by atoms with Crippen LogP contribution in [0.5, 0.6) is 11.5 Å². The van der Waals surface area contributed by atoms with Crippen molar-refractivity contribution in [2.75, 3.05) is 6.61 Å². The highest BCUT2D eigenvalue weighted by Crippen LogP contribution is 2.17. The Labute approximate surface area is 150 Å². The van der Waals surface area contributed by atoms with Crippen molar-refractivity contribution in [3.8, 4) is 11.5 Å². The van der Waals surface area contributed by atoms with Crippen LogP contribution in [0.4, 0.5) is 0 Å². The second-order valence-electron chi connectivity index (χ2n) is 6.31. The molecule has 0 saturated carbocycles. The van der Waals surface area contributed by atoms with Gasteiger partial charge in [-0.25, -0.2) is 0 Å². The Kier molecular flexibility index (Phi) is 6.87. The molecule has 0 unspecified atom stereocenters. The van der Waals surface area contributed by atoms with Crippen LogP contribution in [0.15, 0.2) is 48.5 Å². The minimum Gasteiger partial charge on any atom is -0.491 e. The number of hydrogen-bond acceptors (Lipinski definition) is 3. The Balaban J connectivity index is 1.85. The number of rotatable bonds is 8. The summed E-state index contributed by atoms with van der Waals surface area (Å²) in [5.74, 6) is 1.42. The number of benzene rings is 2. The Morgan fingerprint density at radius 1 is 1.08 bits per heavy atom. The fraction of sp³-hybridized carbons (Fsp3) is 0.381. The smallest absolute Gasteiger partial charge is 0.261 e. The largest absolute Gasteiger partial charge is 0.491 e. The molecule has 4 nitrogen and oxygen atoms in total. The van der Waals surface area contributed by atoms with E-state index in [1.165, 1.54) is 0 Å². The third kappa shape index (κ3) is 5.82. The predicted molar refractivity (Wildman–Crippen MR) is 100 cm³/mol. The molecule has 2 rings (SSSR count). The quantitative estimate of drug-likeness (QED) is 0.788. The van der Waals surface area contributed by atoms with E-state index in [-0.39, 0.29) is 11.9 Å². The summed E-state index contributed by atoms with van der Waals surface area (Å²) in [7, 11) is 0. The third-order valence-electron chi connectivity index (χ3n) is 3.93. The van der Waals surface area contributed by atoms with Crippen LogP contribution >= 0.6 is 0 Å². The van der Waals surface area contributed by atoms with Gasteiger partial charge in [0.15, 0.2) is 6.10 Å². The monoisotopic (exact) mass is 341 g/mol. The van der Waals surface area contributed by atoms with Crippen LogP contribution in [0.2, 0.25) is 0 Å². The molecule has 1 N–H and O–H groups in total. The molecule has 25 heavy (non-hydrogen) atoms. The van der Waals surface area contributed by atoms with E-state index in [0.717, 1.165) is 16.9 Å². The van der Waals surface area contributed by atoms with Gasteiger partial charge in [0.1, 0.15) is 18.1 Å². The fourth-order valence-electron chi connectivity index (χ4n) is 2.41. The molecule has 0 spiro atoms. The van der Waals surface area contributed by atoms with E-state index in [9.17, 15) is 4.79 Å². The van der Waals surface area contributed by atoms with Crippen LogP contribution in [0, 0.1) is 13.8 Å². The number of hydrogen-bond donors (Lipinski definition) is 1. The van der Waals surface area contributed by atoms with Gasteiger partial charge in [0.05, 0.1) is 6.04 Å². The van der Waals surface area contributed by atoms with Gasteiger partial charge in [-0.1, -0.05) is 42.8 Å². The van der Waals surface area contributed by atoms with Crippen LogP contribution in [0.3, 0.4) is 0 Å². The van der Waals surface area contributed by atoms with E-state index in [2.05, 4.69) is 5.32 Å². The van der Waals surface area contributed by atoms with E-state index in [0.29, 0.717) is 18.8 Å². The van der Waals surface area contributed by atoms with Crippen molar-refractivity contribution in [2.24, 2.45) is 0 Å². The molecule has 1 amide bonds. The van der Waals surface area contributed by atoms with Crippen LogP contribution in [0.25, 0.3) is 0 Å². The van der Waals surface area contributed by atoms with Crippen LogP contribution in [-0.4, -0.2) is 24.7 Å². The Hall–Kier alpha value is -2.49. The van der Waals surface area contributed by atoms with Crippen LogP contribution in [-0.2, 0) is 4.79 Å². The van der Waals surface area contributed by atoms with Gasteiger partial charge in [-0.2, -0.15) is 0 Å². The summed E-state index contributed by atoms with van der Waals surface area (Å²) >= 11 is 0. The average Bonchev–Trinajstić information content (AvgIpc) is 2.60. The van der Waals surface area contributed by atoms with Crippen molar-refractivity contribution in [1.82, 2.24) is 5.32 Å². The molecule has 0 fully saturated rings. The maximum atomic E-state index is 12.4. The van der Waals surface area contributed by atoms with Crippen LogP contribution in [0.1, 0.15) is 31.4 Å². The van der Waals surface area contributed by atoms with Gasteiger partial charge < -0.3 is 14.8 Å². The highest BCUT2D eigenvalue weighted by atomic mass is 16.5. The first-order valence-electron chi connectivity index (χ1n) is 8.71. The molecule has 4 heteroatoms. The van der Waals surface area contributed by atoms with Gasteiger partial charge in [0.2, 0.25) is 0 Å². The zero-order chi connectivity index (χ0) is 18.2. The van der Waals surface area contributed by atoms with Crippen molar-refractivity contribution in [1.29, 1.82) is 0 Å². The molecular formula is C21H27NO3. The molecule has 0 bridgehead atoms. The van der Waals surface area contributed by atoms with Crippen LogP contribution < -0.4 is 14.8 Å². The van der Waals surface area contributed by atoms with Gasteiger partial charge >= 0.3 is 0 Å².